The highest BCUT2D eigenvalue weighted by Gasteiger charge is 2.13. The van der Waals surface area contributed by atoms with Gasteiger partial charge >= 0.3 is 0 Å². The number of ketones is 1. The standard InChI is InChI=1S/C12H10OS2/c1-9(13)7-12-14-8-11(15-12)10-5-3-2-4-6-10/h2-8H,1H3/b12-7+. The van der Waals surface area contributed by atoms with Crippen LogP contribution in [0.1, 0.15) is 12.5 Å². The maximum absolute atomic E-state index is 10.9. The number of rotatable bonds is 2. The van der Waals surface area contributed by atoms with E-state index in [-0.39, 0.29) is 5.78 Å². The van der Waals surface area contributed by atoms with Crippen LogP contribution < -0.4 is 0 Å². The van der Waals surface area contributed by atoms with Gasteiger partial charge in [0.1, 0.15) is 0 Å². The molecule has 1 aliphatic heterocycles. The lowest BCUT2D eigenvalue weighted by atomic mass is 10.2. The maximum atomic E-state index is 10.9. The molecule has 3 heteroatoms. The normalized spacial score (nSPS) is 17.9. The van der Waals surface area contributed by atoms with Gasteiger partial charge in [-0.3, -0.25) is 4.79 Å². The Kier molecular flexibility index (Phi) is 3.34. The molecule has 0 N–H and O–H groups in total. The van der Waals surface area contributed by atoms with Gasteiger partial charge in [0, 0.05) is 11.0 Å². The quantitative estimate of drug-likeness (QED) is 0.722. The van der Waals surface area contributed by atoms with E-state index in [4.69, 9.17) is 0 Å². The predicted octanol–water partition coefficient (Wildman–Crippen LogP) is 3.90. The van der Waals surface area contributed by atoms with Crippen molar-refractivity contribution in [3.63, 3.8) is 0 Å². The van der Waals surface area contributed by atoms with E-state index in [0.29, 0.717) is 0 Å². The Labute approximate surface area is 97.6 Å². The summed E-state index contributed by atoms with van der Waals surface area (Å²) in [6.07, 6.45) is 1.68. The first-order valence-electron chi connectivity index (χ1n) is 4.58. The van der Waals surface area contributed by atoms with Gasteiger partial charge in [0.15, 0.2) is 5.78 Å². The lowest BCUT2D eigenvalue weighted by molar-refractivity contribution is -0.112. The first-order chi connectivity index (χ1) is 7.25. The molecule has 15 heavy (non-hydrogen) atoms. The summed E-state index contributed by atoms with van der Waals surface area (Å²) in [6.45, 7) is 1.58. The fraction of sp³-hybridized carbons (Fsp3) is 0.0833. The average Bonchev–Trinajstić information content (AvgIpc) is 2.67. The first-order valence-corrected chi connectivity index (χ1v) is 6.28. The molecule has 0 radical (unpaired) electrons. The number of allylic oxidation sites excluding steroid dienone is 1. The van der Waals surface area contributed by atoms with Gasteiger partial charge in [0.2, 0.25) is 0 Å². The maximum Gasteiger partial charge on any atom is 0.154 e. The molecule has 0 aliphatic carbocycles. The summed E-state index contributed by atoms with van der Waals surface area (Å²) in [7, 11) is 0. The molecule has 0 amide bonds. The number of hydrogen-bond donors (Lipinski definition) is 0. The summed E-state index contributed by atoms with van der Waals surface area (Å²) in [5, 5.41) is 2.09. The molecule has 1 aliphatic rings. The third-order valence-electron chi connectivity index (χ3n) is 1.87. The van der Waals surface area contributed by atoms with E-state index in [9.17, 15) is 4.79 Å². The number of carbonyl (C=O) groups is 1. The van der Waals surface area contributed by atoms with Crippen molar-refractivity contribution in [2.75, 3.05) is 0 Å². The summed E-state index contributed by atoms with van der Waals surface area (Å²) in [5.74, 6) is 0.104. The van der Waals surface area contributed by atoms with Crippen molar-refractivity contribution in [2.45, 2.75) is 6.92 Å². The van der Waals surface area contributed by atoms with Crippen LogP contribution in [0.15, 0.2) is 46.1 Å². The molecular formula is C12H10OS2. The van der Waals surface area contributed by atoms with Crippen LogP contribution in [0.4, 0.5) is 0 Å². The fourth-order valence-corrected chi connectivity index (χ4v) is 3.46. The molecule has 0 fully saturated rings. The zero-order valence-electron chi connectivity index (χ0n) is 8.27. The SMILES string of the molecule is CC(=O)/C=C1\SC=C(c2ccccc2)S1. The van der Waals surface area contributed by atoms with E-state index in [1.807, 2.05) is 18.2 Å². The number of benzene rings is 1. The smallest absolute Gasteiger partial charge is 0.154 e. The molecule has 0 saturated heterocycles. The number of carbonyl (C=O) groups excluding carboxylic acids is 1. The lowest BCUT2D eigenvalue weighted by Crippen LogP contribution is -1.80. The second-order valence-corrected chi connectivity index (χ2v) is 5.40. The van der Waals surface area contributed by atoms with E-state index in [2.05, 4.69) is 17.5 Å². The molecule has 1 heterocycles. The number of hydrogen-bond acceptors (Lipinski definition) is 3. The molecule has 0 unspecified atom stereocenters. The Morgan fingerprint density at radius 3 is 2.67 bits per heavy atom. The topological polar surface area (TPSA) is 17.1 Å². The minimum atomic E-state index is 0.104. The van der Waals surface area contributed by atoms with Crippen molar-refractivity contribution in [2.24, 2.45) is 0 Å². The Morgan fingerprint density at radius 2 is 2.00 bits per heavy atom. The van der Waals surface area contributed by atoms with E-state index in [1.54, 1.807) is 36.5 Å². The van der Waals surface area contributed by atoms with Gasteiger partial charge in [-0.15, -0.1) is 0 Å². The van der Waals surface area contributed by atoms with Crippen LogP contribution in [-0.2, 0) is 4.79 Å². The minimum absolute atomic E-state index is 0.104. The van der Waals surface area contributed by atoms with Crippen LogP contribution >= 0.6 is 23.5 Å². The second kappa shape index (κ2) is 4.73. The minimum Gasteiger partial charge on any atom is -0.295 e. The van der Waals surface area contributed by atoms with Gasteiger partial charge < -0.3 is 0 Å². The van der Waals surface area contributed by atoms with Crippen molar-refractivity contribution in [3.8, 4) is 0 Å². The Hall–Kier alpha value is -0.930. The molecule has 0 saturated carbocycles. The largest absolute Gasteiger partial charge is 0.295 e. The fourth-order valence-electron chi connectivity index (χ4n) is 1.23. The molecule has 1 nitrogen and oxygen atoms in total. The van der Waals surface area contributed by atoms with Gasteiger partial charge in [-0.1, -0.05) is 53.9 Å². The Morgan fingerprint density at radius 1 is 1.27 bits per heavy atom. The summed E-state index contributed by atoms with van der Waals surface area (Å²) in [4.78, 5) is 12.1. The Bertz CT molecular complexity index is 432. The lowest BCUT2D eigenvalue weighted by Gasteiger charge is -1.99. The Balaban J connectivity index is 2.14. The number of thioether (sulfide) groups is 2. The summed E-state index contributed by atoms with van der Waals surface area (Å²) >= 11 is 3.27. The molecule has 0 spiro atoms. The van der Waals surface area contributed by atoms with Crippen LogP contribution in [0.25, 0.3) is 4.91 Å². The molecule has 1 aromatic rings. The van der Waals surface area contributed by atoms with Crippen molar-refractivity contribution in [1.82, 2.24) is 0 Å². The molecule has 2 rings (SSSR count). The highest BCUT2D eigenvalue weighted by atomic mass is 32.2. The van der Waals surface area contributed by atoms with Crippen LogP contribution in [0, 0.1) is 0 Å². The molecular weight excluding hydrogens is 224 g/mol. The summed E-state index contributed by atoms with van der Waals surface area (Å²) in [6, 6.07) is 10.2. The van der Waals surface area contributed by atoms with E-state index >= 15 is 0 Å². The van der Waals surface area contributed by atoms with Crippen molar-refractivity contribution in [1.29, 1.82) is 0 Å². The van der Waals surface area contributed by atoms with Crippen LogP contribution in [0.2, 0.25) is 0 Å². The van der Waals surface area contributed by atoms with Gasteiger partial charge in [0.05, 0.1) is 4.24 Å². The highest BCUT2D eigenvalue weighted by Crippen LogP contribution is 2.48. The van der Waals surface area contributed by atoms with Crippen LogP contribution in [0.5, 0.6) is 0 Å². The van der Waals surface area contributed by atoms with Gasteiger partial charge in [-0.25, -0.2) is 0 Å². The molecule has 0 bridgehead atoms. The molecule has 76 valence electrons. The molecule has 0 atom stereocenters. The first kappa shape index (κ1) is 10.6. The third-order valence-corrected chi connectivity index (χ3v) is 4.16. The van der Waals surface area contributed by atoms with Gasteiger partial charge in [0.25, 0.3) is 0 Å². The average molecular weight is 234 g/mol. The van der Waals surface area contributed by atoms with Crippen LogP contribution in [-0.4, -0.2) is 5.78 Å². The molecule has 0 aromatic heterocycles. The molecule has 1 aromatic carbocycles. The zero-order valence-corrected chi connectivity index (χ0v) is 9.90. The van der Waals surface area contributed by atoms with E-state index in [1.165, 1.54) is 10.5 Å². The van der Waals surface area contributed by atoms with Crippen molar-refractivity contribution >= 4 is 34.2 Å². The summed E-state index contributed by atoms with van der Waals surface area (Å²) < 4.78 is 1.06. The van der Waals surface area contributed by atoms with Gasteiger partial charge in [-0.05, 0) is 17.9 Å². The second-order valence-electron chi connectivity index (χ2n) is 3.14. The predicted molar refractivity (Wildman–Crippen MR) is 68.4 cm³/mol. The van der Waals surface area contributed by atoms with Crippen LogP contribution in [0.3, 0.4) is 0 Å². The highest BCUT2D eigenvalue weighted by molar-refractivity contribution is 8.31. The van der Waals surface area contributed by atoms with E-state index in [0.717, 1.165) is 4.24 Å². The summed E-state index contributed by atoms with van der Waals surface area (Å²) in [5.41, 5.74) is 1.21. The zero-order chi connectivity index (χ0) is 10.7. The van der Waals surface area contributed by atoms with E-state index < -0.39 is 0 Å². The monoisotopic (exact) mass is 234 g/mol. The van der Waals surface area contributed by atoms with Gasteiger partial charge in [-0.2, -0.15) is 0 Å². The third kappa shape index (κ3) is 2.76. The van der Waals surface area contributed by atoms with Crippen molar-refractivity contribution in [3.05, 3.63) is 51.6 Å². The van der Waals surface area contributed by atoms with Crippen molar-refractivity contribution < 1.29 is 4.79 Å².